The molecule has 0 aromatic rings. The van der Waals surface area contributed by atoms with Crippen molar-refractivity contribution in [3.05, 3.63) is 85.1 Å². The molecular weight excluding hydrogens is 1030 g/mol. The zero-order chi connectivity index (χ0) is 58.6. The van der Waals surface area contributed by atoms with E-state index in [-0.39, 0.29) is 44.6 Å². The van der Waals surface area contributed by atoms with Crippen LogP contribution in [0.15, 0.2) is 85.1 Å². The maximum atomic E-state index is 13.4. The molecule has 0 radical (unpaired) electrons. The van der Waals surface area contributed by atoms with Crippen LogP contribution < -0.4 is 5.32 Å². The number of likely N-dealkylation sites (tertiary alicyclic amines) is 1. The highest BCUT2D eigenvalue weighted by Gasteiger charge is 2.52. The highest BCUT2D eigenvalue weighted by molar-refractivity contribution is 6.05. The van der Waals surface area contributed by atoms with Gasteiger partial charge in [-0.05, 0) is 60.2 Å². The fourth-order valence-electron chi connectivity index (χ4n) is 10.1. The lowest BCUT2D eigenvalue weighted by Crippen LogP contribution is -2.65. The van der Waals surface area contributed by atoms with Crippen molar-refractivity contribution in [2.45, 2.75) is 195 Å². The summed E-state index contributed by atoms with van der Waals surface area (Å²) in [5.41, 5.74) is 0. The van der Waals surface area contributed by atoms with Crippen LogP contribution in [0.2, 0.25) is 0 Å². The third-order valence-corrected chi connectivity index (χ3v) is 14.8. The van der Waals surface area contributed by atoms with Gasteiger partial charge in [0, 0.05) is 44.1 Å². The van der Waals surface area contributed by atoms with Crippen molar-refractivity contribution in [1.29, 1.82) is 0 Å². The standard InChI is InChI=1S/C57H89N3O19/c1-34-21-18-16-14-12-10-8-9-11-13-15-17-19-22-41(78-56-53(71)50(52(70)37(4)77-56)58-42-31-47(67)60(54(42)72)26-20-25-59(5)6)30-46-49(55(73)75-7)45(66)33-57(74,79-46)32-40(63)28-44(65)43(64)24-23-38(61)27-39(62)29-48(68)76-36(3)35(2)51(34)69/h8-19,21-22,34-46,49-53,56,58,61-66,69-71,74H,20,23-33H2,1-7H3/t34-,35-,36-,37+,38+,39+,40-,41-,42?,43+,44+,45-,46-,49+,50-,51+,52+,53-,56-,57+/m0/s1. The Hall–Kier alpha value is -4.34. The molecule has 22 heteroatoms. The van der Waals surface area contributed by atoms with Gasteiger partial charge in [-0.15, -0.1) is 0 Å². The number of hydrogen-bond donors (Lipinski definition) is 11. The number of aliphatic hydroxyl groups is 10. The van der Waals surface area contributed by atoms with E-state index >= 15 is 0 Å². The maximum Gasteiger partial charge on any atom is 0.313 e. The van der Waals surface area contributed by atoms with E-state index in [9.17, 15) is 70.2 Å². The number of carbonyl (C=O) groups is 4. The van der Waals surface area contributed by atoms with Gasteiger partial charge in [0.15, 0.2) is 12.1 Å². The Bertz CT molecular complexity index is 2130. The zero-order valence-corrected chi connectivity index (χ0v) is 46.6. The quantitative estimate of drug-likeness (QED) is 0.111. The highest BCUT2D eigenvalue weighted by Crippen LogP contribution is 2.39. The molecule has 2 bridgehead atoms. The van der Waals surface area contributed by atoms with E-state index in [0.717, 1.165) is 12.0 Å². The second-order valence-electron chi connectivity index (χ2n) is 21.7. The molecule has 4 rings (SSSR count). The number of imide groups is 1. The molecule has 11 N–H and O–H groups in total. The Kier molecular flexibility index (Phi) is 28.0. The maximum absolute atomic E-state index is 13.4. The fourth-order valence-corrected chi connectivity index (χ4v) is 10.1. The predicted molar refractivity (Wildman–Crippen MR) is 289 cm³/mol. The van der Waals surface area contributed by atoms with E-state index in [1.54, 1.807) is 80.7 Å². The number of rotatable bonds is 9. The van der Waals surface area contributed by atoms with Gasteiger partial charge in [0.1, 0.15) is 18.1 Å². The Morgan fingerprint density at radius 1 is 0.709 bits per heavy atom. The number of amides is 2. The number of nitrogens with zero attached hydrogens (tertiary/aromatic N) is 2. The Balaban J connectivity index is 1.61. The molecule has 20 atom stereocenters. The molecule has 0 spiro atoms. The van der Waals surface area contributed by atoms with Crippen molar-refractivity contribution in [2.75, 3.05) is 34.3 Å². The summed E-state index contributed by atoms with van der Waals surface area (Å²) in [6, 6.07) is -2.31. The third-order valence-electron chi connectivity index (χ3n) is 14.8. The summed E-state index contributed by atoms with van der Waals surface area (Å²) in [6.45, 7) is 7.56. The van der Waals surface area contributed by atoms with Gasteiger partial charge in [-0.2, -0.15) is 0 Å². The molecular formula is C57H89N3O19. The summed E-state index contributed by atoms with van der Waals surface area (Å²) >= 11 is 0. The summed E-state index contributed by atoms with van der Waals surface area (Å²) in [5, 5.41) is 115. The first-order valence-corrected chi connectivity index (χ1v) is 27.4. The first-order valence-electron chi connectivity index (χ1n) is 27.4. The predicted octanol–water partition coefficient (Wildman–Crippen LogP) is 0.510. The van der Waals surface area contributed by atoms with Crippen molar-refractivity contribution in [1.82, 2.24) is 15.1 Å². The van der Waals surface area contributed by atoms with Crippen LogP contribution in [0.3, 0.4) is 0 Å². The lowest BCUT2D eigenvalue weighted by Gasteiger charge is -2.46. The summed E-state index contributed by atoms with van der Waals surface area (Å²) in [4.78, 5) is 55.5. The smallest absolute Gasteiger partial charge is 0.313 e. The summed E-state index contributed by atoms with van der Waals surface area (Å²) in [7, 11) is 4.84. The van der Waals surface area contributed by atoms with Crippen LogP contribution in [0.25, 0.3) is 0 Å². The van der Waals surface area contributed by atoms with Crippen LogP contribution in [0.5, 0.6) is 0 Å². The van der Waals surface area contributed by atoms with Crippen LogP contribution in [0.4, 0.5) is 0 Å². The van der Waals surface area contributed by atoms with E-state index in [1.807, 2.05) is 38.1 Å². The van der Waals surface area contributed by atoms with Crippen LogP contribution >= 0.6 is 0 Å². The van der Waals surface area contributed by atoms with Crippen LogP contribution in [0, 0.1) is 17.8 Å². The zero-order valence-electron chi connectivity index (χ0n) is 46.6. The molecule has 4 heterocycles. The lowest BCUT2D eigenvalue weighted by molar-refractivity contribution is -0.309. The Labute approximate surface area is 464 Å². The van der Waals surface area contributed by atoms with Crippen molar-refractivity contribution in [3.63, 3.8) is 0 Å². The molecule has 1 unspecified atom stereocenters. The number of aliphatic hydroxyl groups excluding tert-OH is 9. The van der Waals surface area contributed by atoms with Crippen molar-refractivity contribution >= 4 is 23.8 Å². The molecule has 0 aromatic carbocycles. The summed E-state index contributed by atoms with van der Waals surface area (Å²) in [6.07, 6.45) is 3.13. The molecule has 4 aliphatic heterocycles. The number of nitrogens with one attached hydrogen (secondary N) is 1. The monoisotopic (exact) mass is 1120 g/mol. The van der Waals surface area contributed by atoms with E-state index in [4.69, 9.17) is 23.7 Å². The second-order valence-corrected chi connectivity index (χ2v) is 21.7. The van der Waals surface area contributed by atoms with E-state index < -0.39 is 165 Å². The summed E-state index contributed by atoms with van der Waals surface area (Å²) < 4.78 is 29.1. The average Bonchev–Trinajstić information content (AvgIpc) is 3.65. The van der Waals surface area contributed by atoms with Gasteiger partial charge >= 0.3 is 11.9 Å². The van der Waals surface area contributed by atoms with Gasteiger partial charge in [-0.3, -0.25) is 29.4 Å². The third kappa shape index (κ3) is 21.5. The molecule has 0 aliphatic carbocycles. The molecule has 4 aliphatic rings. The van der Waals surface area contributed by atoms with Gasteiger partial charge in [0.2, 0.25) is 11.8 Å². The lowest BCUT2D eigenvalue weighted by atomic mass is 9.82. The number of carbonyl (C=O) groups excluding carboxylic acids is 4. The number of allylic oxidation sites excluding steroid dienone is 12. The minimum absolute atomic E-state index is 0.120. The molecule has 22 nitrogen and oxygen atoms in total. The molecule has 79 heavy (non-hydrogen) atoms. The molecule has 3 fully saturated rings. The van der Waals surface area contributed by atoms with Crippen LogP contribution in [0.1, 0.15) is 91.9 Å². The number of ether oxygens (including phenoxy) is 5. The van der Waals surface area contributed by atoms with Crippen molar-refractivity contribution < 1.29 is 93.9 Å². The normalized spacial score (nSPS) is 38.8. The van der Waals surface area contributed by atoms with Crippen LogP contribution in [-0.4, -0.2) is 222 Å². The number of fused-ring (bicyclic) bond motifs is 2. The fraction of sp³-hybridized carbons (Fsp3) is 0.684. The minimum atomic E-state index is -2.34. The van der Waals surface area contributed by atoms with E-state index in [2.05, 4.69) is 5.32 Å². The van der Waals surface area contributed by atoms with Gasteiger partial charge < -0.3 is 79.6 Å². The van der Waals surface area contributed by atoms with E-state index in [0.29, 0.717) is 13.0 Å². The number of esters is 2. The molecule has 0 aromatic heterocycles. The topological polar surface area (TPSA) is 335 Å². The van der Waals surface area contributed by atoms with Crippen molar-refractivity contribution in [2.24, 2.45) is 17.8 Å². The molecule has 3 saturated heterocycles. The van der Waals surface area contributed by atoms with Gasteiger partial charge in [-0.1, -0.05) is 98.9 Å². The first kappa shape index (κ1) is 67.2. The second kappa shape index (κ2) is 32.9. The minimum Gasteiger partial charge on any atom is -0.469 e. The average molecular weight is 1120 g/mol. The number of hydrogen-bond acceptors (Lipinski definition) is 21. The summed E-state index contributed by atoms with van der Waals surface area (Å²) in [5.74, 6) is -7.09. The van der Waals surface area contributed by atoms with E-state index in [1.165, 1.54) is 13.0 Å². The number of cyclic esters (lactones) is 1. The molecule has 446 valence electrons. The van der Waals surface area contributed by atoms with Crippen LogP contribution in [-0.2, 0) is 42.9 Å². The number of methoxy groups -OCH3 is 1. The highest BCUT2D eigenvalue weighted by atomic mass is 16.7. The Morgan fingerprint density at radius 3 is 1.92 bits per heavy atom. The first-order chi connectivity index (χ1) is 37.3. The van der Waals surface area contributed by atoms with Gasteiger partial charge in [0.25, 0.3) is 0 Å². The van der Waals surface area contributed by atoms with Gasteiger partial charge in [0.05, 0.1) is 99.2 Å². The SMILES string of the molecule is COC(=O)[C@H]1[C@@H]2C[C@@H](O[C@@H]3O[C@H](C)[C@@H](O)[C@H](NC4CC(=O)N(CCCN(C)C)C4=O)[C@@H]3O)C=CC=CC=CC=CC=CC=CC=C[C@H](C)[C@@H](O)[C@@H](C)[C@H](C)OC(=O)C[C@H](O)C[C@H](O)CC[C@@H](O)[C@H](O)C[C@H](O)C[C@](O)(C[C@@H]1O)O2. The largest absolute Gasteiger partial charge is 0.469 e. The van der Waals surface area contributed by atoms with Gasteiger partial charge in [-0.25, -0.2) is 0 Å². The molecule has 2 amide bonds. The Morgan fingerprint density at radius 2 is 1.32 bits per heavy atom. The molecule has 0 saturated carbocycles. The van der Waals surface area contributed by atoms with Crippen molar-refractivity contribution in [3.8, 4) is 0 Å².